The summed E-state index contributed by atoms with van der Waals surface area (Å²) in [6.07, 6.45) is 1.67. The number of nitrogens with zero attached hydrogens (tertiary/aromatic N) is 2. The third kappa shape index (κ3) is 2.89. The first-order valence-electron chi connectivity index (χ1n) is 5.71. The van der Waals surface area contributed by atoms with Gasteiger partial charge in [0.1, 0.15) is 0 Å². The fourth-order valence-corrected chi connectivity index (χ4v) is 2.40. The van der Waals surface area contributed by atoms with E-state index in [1.165, 1.54) is 4.88 Å². The van der Waals surface area contributed by atoms with Crippen LogP contribution in [0.2, 0.25) is 0 Å². The number of aromatic nitrogens is 2. The van der Waals surface area contributed by atoms with Gasteiger partial charge in [-0.3, -0.25) is 5.10 Å². The lowest BCUT2D eigenvalue weighted by Crippen LogP contribution is -2.38. The molecule has 0 aliphatic carbocycles. The van der Waals surface area contributed by atoms with E-state index < -0.39 is 0 Å². The van der Waals surface area contributed by atoms with Gasteiger partial charge in [0, 0.05) is 18.1 Å². The normalized spacial score (nSPS) is 12.1. The van der Waals surface area contributed by atoms with E-state index in [1.807, 2.05) is 30.5 Å². The molecule has 0 aliphatic rings. The number of urea groups is 1. The standard InChI is InChI=1S/C12H16N4OS/c1-9(11-4-3-7-18-11)16(2)12(17)13-8-10-5-6-14-15-10/h3-7,9H,8H2,1-2H3,(H,13,17)(H,14,15). The van der Waals surface area contributed by atoms with Crippen molar-refractivity contribution in [2.75, 3.05) is 7.05 Å². The molecule has 0 saturated carbocycles. The maximum absolute atomic E-state index is 12.0. The Morgan fingerprint density at radius 2 is 2.44 bits per heavy atom. The molecule has 2 heterocycles. The van der Waals surface area contributed by atoms with Crippen LogP contribution in [-0.4, -0.2) is 28.2 Å². The fraction of sp³-hybridized carbons (Fsp3) is 0.333. The van der Waals surface area contributed by atoms with Gasteiger partial charge in [-0.1, -0.05) is 6.07 Å². The van der Waals surface area contributed by atoms with Crippen molar-refractivity contribution in [2.24, 2.45) is 0 Å². The number of rotatable bonds is 4. The Kier molecular flexibility index (Phi) is 3.99. The molecule has 0 spiro atoms. The summed E-state index contributed by atoms with van der Waals surface area (Å²) in [5, 5.41) is 11.5. The van der Waals surface area contributed by atoms with Crippen molar-refractivity contribution in [1.82, 2.24) is 20.4 Å². The van der Waals surface area contributed by atoms with E-state index in [-0.39, 0.29) is 12.1 Å². The predicted octanol–water partition coefficient (Wildman–Crippen LogP) is 2.37. The number of thiophene rings is 1. The number of nitrogens with one attached hydrogen (secondary N) is 2. The highest BCUT2D eigenvalue weighted by Gasteiger charge is 2.17. The Hall–Kier alpha value is -1.82. The quantitative estimate of drug-likeness (QED) is 0.890. The predicted molar refractivity (Wildman–Crippen MR) is 71.3 cm³/mol. The van der Waals surface area contributed by atoms with Gasteiger partial charge in [0.25, 0.3) is 0 Å². The van der Waals surface area contributed by atoms with Crippen LogP contribution in [0.4, 0.5) is 4.79 Å². The summed E-state index contributed by atoms with van der Waals surface area (Å²) < 4.78 is 0. The van der Waals surface area contributed by atoms with E-state index in [1.54, 1.807) is 29.5 Å². The minimum absolute atomic E-state index is 0.0757. The van der Waals surface area contributed by atoms with Crippen LogP contribution in [-0.2, 0) is 6.54 Å². The van der Waals surface area contributed by atoms with Crippen LogP contribution < -0.4 is 5.32 Å². The van der Waals surface area contributed by atoms with Gasteiger partial charge in [-0.15, -0.1) is 11.3 Å². The van der Waals surface area contributed by atoms with E-state index in [0.717, 1.165) is 5.69 Å². The zero-order valence-corrected chi connectivity index (χ0v) is 11.2. The second kappa shape index (κ2) is 5.68. The van der Waals surface area contributed by atoms with Crippen molar-refractivity contribution < 1.29 is 4.79 Å². The molecule has 2 rings (SSSR count). The fourth-order valence-electron chi connectivity index (χ4n) is 1.57. The number of carbonyl (C=O) groups excluding carboxylic acids is 1. The van der Waals surface area contributed by atoms with Crippen molar-refractivity contribution in [1.29, 1.82) is 0 Å². The highest BCUT2D eigenvalue weighted by atomic mass is 32.1. The molecule has 2 N–H and O–H groups in total. The Morgan fingerprint density at radius 1 is 1.61 bits per heavy atom. The maximum atomic E-state index is 12.0. The van der Waals surface area contributed by atoms with Gasteiger partial charge in [0.15, 0.2) is 0 Å². The third-order valence-electron chi connectivity index (χ3n) is 2.84. The largest absolute Gasteiger partial charge is 0.332 e. The molecule has 0 aromatic carbocycles. The van der Waals surface area contributed by atoms with Crippen LogP contribution in [0.3, 0.4) is 0 Å². The molecule has 0 aliphatic heterocycles. The minimum Gasteiger partial charge on any atom is -0.332 e. The monoisotopic (exact) mass is 264 g/mol. The van der Waals surface area contributed by atoms with Gasteiger partial charge in [-0.2, -0.15) is 5.10 Å². The lowest BCUT2D eigenvalue weighted by atomic mass is 10.2. The zero-order chi connectivity index (χ0) is 13.0. The molecule has 0 fully saturated rings. The van der Waals surface area contributed by atoms with Crippen LogP contribution in [0, 0.1) is 0 Å². The van der Waals surface area contributed by atoms with Crippen LogP contribution >= 0.6 is 11.3 Å². The molecule has 2 aromatic rings. The van der Waals surface area contributed by atoms with E-state index >= 15 is 0 Å². The Bertz CT molecular complexity index is 480. The van der Waals surface area contributed by atoms with Gasteiger partial charge >= 0.3 is 6.03 Å². The molecule has 6 heteroatoms. The van der Waals surface area contributed by atoms with E-state index in [0.29, 0.717) is 6.54 Å². The molecule has 2 aromatic heterocycles. The second-order valence-corrected chi connectivity index (χ2v) is 5.02. The molecule has 18 heavy (non-hydrogen) atoms. The average Bonchev–Trinajstić information content (AvgIpc) is 3.06. The van der Waals surface area contributed by atoms with Crippen molar-refractivity contribution in [3.05, 3.63) is 40.3 Å². The third-order valence-corrected chi connectivity index (χ3v) is 3.89. The molecule has 5 nitrogen and oxygen atoms in total. The van der Waals surface area contributed by atoms with E-state index in [2.05, 4.69) is 15.5 Å². The molecule has 1 atom stereocenters. The molecular formula is C12H16N4OS. The summed E-state index contributed by atoms with van der Waals surface area (Å²) in [6.45, 7) is 2.47. The lowest BCUT2D eigenvalue weighted by molar-refractivity contribution is 0.194. The summed E-state index contributed by atoms with van der Waals surface area (Å²) in [4.78, 5) is 14.8. The summed E-state index contributed by atoms with van der Waals surface area (Å²) in [7, 11) is 1.80. The van der Waals surface area contributed by atoms with E-state index in [9.17, 15) is 4.79 Å². The number of H-pyrrole nitrogens is 1. The summed E-state index contributed by atoms with van der Waals surface area (Å²) in [5.41, 5.74) is 0.889. The Balaban J connectivity index is 1.88. The zero-order valence-electron chi connectivity index (χ0n) is 10.4. The molecule has 0 saturated heterocycles. The van der Waals surface area contributed by atoms with Crippen LogP contribution in [0.15, 0.2) is 29.8 Å². The van der Waals surface area contributed by atoms with Crippen LogP contribution in [0.5, 0.6) is 0 Å². The molecule has 96 valence electrons. The Morgan fingerprint density at radius 3 is 3.06 bits per heavy atom. The molecule has 0 bridgehead atoms. The van der Waals surface area contributed by atoms with Gasteiger partial charge in [0.2, 0.25) is 0 Å². The van der Waals surface area contributed by atoms with Gasteiger partial charge in [-0.25, -0.2) is 4.79 Å². The first-order valence-corrected chi connectivity index (χ1v) is 6.58. The number of aromatic amines is 1. The second-order valence-electron chi connectivity index (χ2n) is 4.04. The SMILES string of the molecule is CC(c1cccs1)N(C)C(=O)NCc1ccn[nH]1. The van der Waals surface area contributed by atoms with Crippen molar-refractivity contribution in [2.45, 2.75) is 19.5 Å². The highest BCUT2D eigenvalue weighted by molar-refractivity contribution is 7.10. The summed E-state index contributed by atoms with van der Waals surface area (Å²) in [5.74, 6) is 0. The van der Waals surface area contributed by atoms with Crippen LogP contribution in [0.25, 0.3) is 0 Å². The van der Waals surface area contributed by atoms with Gasteiger partial charge < -0.3 is 10.2 Å². The first kappa shape index (κ1) is 12.6. The minimum atomic E-state index is -0.0921. The Labute approximate surface area is 110 Å². The first-order chi connectivity index (χ1) is 8.68. The van der Waals surface area contributed by atoms with Crippen LogP contribution in [0.1, 0.15) is 23.5 Å². The number of amides is 2. The van der Waals surface area contributed by atoms with Crippen molar-refractivity contribution in [3.8, 4) is 0 Å². The lowest BCUT2D eigenvalue weighted by Gasteiger charge is -2.24. The smallest absolute Gasteiger partial charge is 0.317 e. The van der Waals surface area contributed by atoms with Crippen molar-refractivity contribution in [3.63, 3.8) is 0 Å². The average molecular weight is 264 g/mol. The van der Waals surface area contributed by atoms with Gasteiger partial charge in [0.05, 0.1) is 18.3 Å². The molecule has 2 amide bonds. The molecule has 1 unspecified atom stereocenters. The van der Waals surface area contributed by atoms with E-state index in [4.69, 9.17) is 0 Å². The summed E-state index contributed by atoms with van der Waals surface area (Å²) in [6, 6.07) is 5.85. The molecular weight excluding hydrogens is 248 g/mol. The number of hydrogen-bond donors (Lipinski definition) is 2. The molecule has 0 radical (unpaired) electrons. The highest BCUT2D eigenvalue weighted by Crippen LogP contribution is 2.23. The summed E-state index contributed by atoms with van der Waals surface area (Å²) >= 11 is 1.65. The topological polar surface area (TPSA) is 61.0 Å². The number of carbonyl (C=O) groups is 1. The number of hydrogen-bond acceptors (Lipinski definition) is 3. The maximum Gasteiger partial charge on any atom is 0.317 e. The van der Waals surface area contributed by atoms with Gasteiger partial charge in [-0.05, 0) is 24.4 Å². The van der Waals surface area contributed by atoms with Crippen molar-refractivity contribution >= 4 is 17.4 Å².